The maximum Gasteiger partial charge on any atom is 0.229 e. The molecule has 0 aliphatic carbocycles. The van der Waals surface area contributed by atoms with Gasteiger partial charge in [0, 0.05) is 0 Å². The number of rotatable bonds is 0. The van der Waals surface area contributed by atoms with Gasteiger partial charge in [-0.05, 0) is 6.92 Å². The smallest absolute Gasteiger partial charge is 0.229 e. The van der Waals surface area contributed by atoms with Gasteiger partial charge in [0.05, 0.1) is 18.1 Å². The number of hydrogen-bond acceptors (Lipinski definition) is 3. The monoisotopic (exact) mass is 126 g/mol. The minimum Gasteiger partial charge on any atom is -0.492 e. The van der Waals surface area contributed by atoms with Crippen LogP contribution in [0.3, 0.4) is 0 Å². The Labute approximate surface area is 54.4 Å². The number of hydrogen-bond donors (Lipinski definition) is 1. The molecule has 3 nitrogen and oxygen atoms in total. The Morgan fingerprint density at radius 2 is 2.00 bits per heavy atom. The van der Waals surface area contributed by atoms with Crippen LogP contribution in [0.5, 0.6) is 5.88 Å². The van der Waals surface area contributed by atoms with Crippen LogP contribution >= 0.6 is 0 Å². The molecule has 1 aromatic heterocycles. The summed E-state index contributed by atoms with van der Waals surface area (Å²) in [5.41, 5.74) is 0.808. The quantitative estimate of drug-likeness (QED) is 0.566. The molecule has 0 aliphatic rings. The van der Waals surface area contributed by atoms with Crippen molar-refractivity contribution in [3.8, 4) is 5.88 Å². The third-order valence-electron chi connectivity index (χ3n) is 0.767. The summed E-state index contributed by atoms with van der Waals surface area (Å²) in [5, 5.41) is 8.58. The normalized spacial score (nSPS) is 8.11. The number of aromatic hydroxyl groups is 1. The van der Waals surface area contributed by atoms with Crippen molar-refractivity contribution in [1.82, 2.24) is 9.97 Å². The highest BCUT2D eigenvalue weighted by molar-refractivity contribution is 5.03. The molecule has 0 saturated heterocycles. The molecule has 0 atom stereocenters. The Bertz CT molecular complexity index is 150. The van der Waals surface area contributed by atoms with E-state index in [1.807, 2.05) is 6.92 Å². The van der Waals surface area contributed by atoms with E-state index in [-0.39, 0.29) is 13.3 Å². The molecule has 0 fully saturated rings. The first kappa shape index (κ1) is 7.88. The zero-order chi connectivity index (χ0) is 5.98. The molecule has 0 unspecified atom stereocenters. The summed E-state index contributed by atoms with van der Waals surface area (Å²) < 4.78 is 0. The van der Waals surface area contributed by atoms with Crippen LogP contribution in [-0.2, 0) is 0 Å². The Morgan fingerprint density at radius 1 is 1.33 bits per heavy atom. The standard InChI is InChI=1S/C5H6N2O.CH4/c1-4-2-7-5(8)3-6-4;/h2-3H,1H3,(H,7,8);1H4. The van der Waals surface area contributed by atoms with E-state index in [0.29, 0.717) is 0 Å². The SMILES string of the molecule is C.Cc1cnc(O)cn1. The first-order chi connectivity index (χ1) is 3.79. The molecule has 50 valence electrons. The predicted molar refractivity (Wildman–Crippen MR) is 35.2 cm³/mol. The number of aryl methyl sites for hydroxylation is 1. The van der Waals surface area contributed by atoms with Gasteiger partial charge in [-0.15, -0.1) is 0 Å². The largest absolute Gasteiger partial charge is 0.492 e. The van der Waals surface area contributed by atoms with Gasteiger partial charge in [-0.25, -0.2) is 4.98 Å². The maximum atomic E-state index is 8.58. The Kier molecular flexibility index (Phi) is 2.64. The van der Waals surface area contributed by atoms with E-state index in [4.69, 9.17) is 5.11 Å². The molecule has 0 radical (unpaired) electrons. The fraction of sp³-hybridized carbons (Fsp3) is 0.333. The van der Waals surface area contributed by atoms with Gasteiger partial charge in [-0.1, -0.05) is 7.43 Å². The summed E-state index contributed by atoms with van der Waals surface area (Å²) in [5.74, 6) is -0.0319. The first-order valence-corrected chi connectivity index (χ1v) is 2.26. The molecule has 1 aromatic rings. The molecule has 1 N–H and O–H groups in total. The van der Waals surface area contributed by atoms with Gasteiger partial charge in [0.15, 0.2) is 0 Å². The summed E-state index contributed by atoms with van der Waals surface area (Å²) in [6.45, 7) is 1.81. The molecule has 0 aromatic carbocycles. The molecule has 0 spiro atoms. The van der Waals surface area contributed by atoms with Gasteiger partial charge >= 0.3 is 0 Å². The summed E-state index contributed by atoms with van der Waals surface area (Å²) in [4.78, 5) is 7.34. The second-order valence-corrected chi connectivity index (χ2v) is 1.52. The average molecular weight is 126 g/mol. The highest BCUT2D eigenvalue weighted by atomic mass is 16.3. The van der Waals surface area contributed by atoms with Crippen LogP contribution in [0.1, 0.15) is 13.1 Å². The van der Waals surface area contributed by atoms with E-state index < -0.39 is 0 Å². The van der Waals surface area contributed by atoms with Crippen molar-refractivity contribution in [2.75, 3.05) is 0 Å². The molecular weight excluding hydrogens is 116 g/mol. The molecular formula is C6H10N2O. The predicted octanol–water partition coefficient (Wildman–Crippen LogP) is 1.13. The minimum absolute atomic E-state index is 0. The van der Waals surface area contributed by atoms with Gasteiger partial charge in [0.1, 0.15) is 0 Å². The summed E-state index contributed by atoms with van der Waals surface area (Å²) >= 11 is 0. The highest BCUT2D eigenvalue weighted by Crippen LogP contribution is 1.97. The fourth-order valence-corrected chi connectivity index (χ4v) is 0.386. The van der Waals surface area contributed by atoms with E-state index in [0.717, 1.165) is 5.69 Å². The zero-order valence-corrected chi connectivity index (χ0v) is 4.50. The molecule has 1 heterocycles. The van der Waals surface area contributed by atoms with Crippen LogP contribution in [0.4, 0.5) is 0 Å². The van der Waals surface area contributed by atoms with Crippen LogP contribution in [0.2, 0.25) is 0 Å². The number of aromatic nitrogens is 2. The van der Waals surface area contributed by atoms with Crippen molar-refractivity contribution in [3.05, 3.63) is 18.1 Å². The fourth-order valence-electron chi connectivity index (χ4n) is 0.386. The van der Waals surface area contributed by atoms with E-state index in [2.05, 4.69) is 9.97 Å². The van der Waals surface area contributed by atoms with Crippen molar-refractivity contribution in [2.24, 2.45) is 0 Å². The van der Waals surface area contributed by atoms with E-state index in [9.17, 15) is 0 Å². The lowest BCUT2D eigenvalue weighted by atomic mass is 10.5. The Morgan fingerprint density at radius 3 is 2.33 bits per heavy atom. The van der Waals surface area contributed by atoms with Crippen LogP contribution < -0.4 is 0 Å². The molecule has 1 rings (SSSR count). The van der Waals surface area contributed by atoms with E-state index in [1.165, 1.54) is 12.4 Å². The second-order valence-electron chi connectivity index (χ2n) is 1.52. The lowest BCUT2D eigenvalue weighted by Crippen LogP contribution is -1.80. The van der Waals surface area contributed by atoms with E-state index in [1.54, 1.807) is 0 Å². The van der Waals surface area contributed by atoms with Crippen LogP contribution in [0, 0.1) is 6.92 Å². The molecule has 0 aliphatic heterocycles. The average Bonchev–Trinajstić information content (AvgIpc) is 1.77. The van der Waals surface area contributed by atoms with Crippen molar-refractivity contribution in [3.63, 3.8) is 0 Å². The van der Waals surface area contributed by atoms with Gasteiger partial charge in [-0.2, -0.15) is 0 Å². The molecule has 9 heavy (non-hydrogen) atoms. The zero-order valence-electron chi connectivity index (χ0n) is 4.50. The molecule has 0 saturated carbocycles. The Balaban J connectivity index is 0.000000640. The second kappa shape index (κ2) is 3.02. The van der Waals surface area contributed by atoms with Gasteiger partial charge in [0.2, 0.25) is 5.88 Å². The minimum atomic E-state index is -0.0319. The Hall–Kier alpha value is -1.12. The lowest BCUT2D eigenvalue weighted by molar-refractivity contribution is 0.450. The topological polar surface area (TPSA) is 46.0 Å². The van der Waals surface area contributed by atoms with Crippen molar-refractivity contribution in [1.29, 1.82) is 0 Å². The lowest BCUT2D eigenvalue weighted by Gasteiger charge is -1.87. The summed E-state index contributed by atoms with van der Waals surface area (Å²) in [7, 11) is 0. The van der Waals surface area contributed by atoms with Crippen molar-refractivity contribution >= 4 is 0 Å². The van der Waals surface area contributed by atoms with Crippen LogP contribution in [0.15, 0.2) is 12.4 Å². The molecule has 0 amide bonds. The molecule has 0 bridgehead atoms. The summed E-state index contributed by atoms with van der Waals surface area (Å²) in [6.07, 6.45) is 2.82. The highest BCUT2D eigenvalue weighted by Gasteiger charge is 1.85. The number of nitrogens with zero attached hydrogens (tertiary/aromatic N) is 2. The van der Waals surface area contributed by atoms with Crippen LogP contribution in [0.25, 0.3) is 0 Å². The van der Waals surface area contributed by atoms with Crippen molar-refractivity contribution in [2.45, 2.75) is 14.4 Å². The maximum absolute atomic E-state index is 8.58. The first-order valence-electron chi connectivity index (χ1n) is 2.26. The van der Waals surface area contributed by atoms with Crippen LogP contribution in [-0.4, -0.2) is 15.1 Å². The third kappa shape index (κ3) is 2.08. The van der Waals surface area contributed by atoms with Crippen molar-refractivity contribution < 1.29 is 5.11 Å². The molecule has 3 heteroatoms. The summed E-state index contributed by atoms with van der Waals surface area (Å²) in [6, 6.07) is 0. The van der Waals surface area contributed by atoms with Gasteiger partial charge in [-0.3, -0.25) is 4.98 Å². The van der Waals surface area contributed by atoms with Gasteiger partial charge < -0.3 is 5.11 Å². The third-order valence-corrected chi connectivity index (χ3v) is 0.767. The van der Waals surface area contributed by atoms with E-state index >= 15 is 0 Å². The van der Waals surface area contributed by atoms with Gasteiger partial charge in [0.25, 0.3) is 0 Å².